The van der Waals surface area contributed by atoms with E-state index in [1.807, 2.05) is 30.8 Å². The molecule has 2 rings (SSSR count). The molecule has 6 heteroatoms. The normalized spacial score (nSPS) is 12.8. The summed E-state index contributed by atoms with van der Waals surface area (Å²) in [4.78, 5) is 6.57. The van der Waals surface area contributed by atoms with Gasteiger partial charge in [-0.3, -0.25) is 0 Å². The zero-order chi connectivity index (χ0) is 15.2. The molecule has 114 valence electrons. The van der Waals surface area contributed by atoms with Gasteiger partial charge in [-0.15, -0.1) is 11.3 Å². The highest BCUT2D eigenvalue weighted by atomic mass is 35.5. The van der Waals surface area contributed by atoms with Crippen molar-refractivity contribution in [1.82, 2.24) is 15.2 Å². The van der Waals surface area contributed by atoms with Crippen LogP contribution in [-0.4, -0.2) is 30.5 Å². The number of aromatic nitrogens is 1. The van der Waals surface area contributed by atoms with E-state index in [2.05, 4.69) is 27.6 Å². The minimum Gasteiger partial charge on any atom is -0.313 e. The van der Waals surface area contributed by atoms with E-state index < -0.39 is 0 Å². The molecule has 0 fully saturated rings. The fourth-order valence-corrected chi connectivity index (χ4v) is 3.25. The van der Waals surface area contributed by atoms with Gasteiger partial charge in [0.05, 0.1) is 21.2 Å². The number of nitrogens with zero attached hydrogens (tertiary/aromatic N) is 2. The van der Waals surface area contributed by atoms with Gasteiger partial charge in [-0.25, -0.2) is 4.98 Å². The Hall–Kier alpha value is -0.650. The maximum absolute atomic E-state index is 6.30. The molecule has 0 bridgehead atoms. The zero-order valence-corrected chi connectivity index (χ0v) is 14.5. The first-order chi connectivity index (χ1) is 10.1. The first-order valence-corrected chi connectivity index (χ1v) is 8.48. The second kappa shape index (κ2) is 8.11. The van der Waals surface area contributed by atoms with Crippen LogP contribution in [-0.2, 0) is 6.54 Å². The van der Waals surface area contributed by atoms with Gasteiger partial charge in [-0.1, -0.05) is 35.3 Å². The Morgan fingerprint density at radius 3 is 2.86 bits per heavy atom. The number of thiazole rings is 1. The Bertz CT molecular complexity index is 560. The van der Waals surface area contributed by atoms with Gasteiger partial charge in [0.25, 0.3) is 0 Å². The molecule has 0 aliphatic heterocycles. The molecular formula is C15H19Cl2N3S. The van der Waals surface area contributed by atoms with Gasteiger partial charge in [-0.2, -0.15) is 0 Å². The van der Waals surface area contributed by atoms with Crippen molar-refractivity contribution in [3.05, 3.63) is 50.4 Å². The minimum atomic E-state index is 0.189. The van der Waals surface area contributed by atoms with Crippen LogP contribution in [0, 0.1) is 0 Å². The summed E-state index contributed by atoms with van der Waals surface area (Å²) in [5.74, 6) is 0. The monoisotopic (exact) mass is 343 g/mol. The van der Waals surface area contributed by atoms with Crippen LogP contribution in [0.4, 0.5) is 0 Å². The lowest BCUT2D eigenvalue weighted by Crippen LogP contribution is -2.25. The van der Waals surface area contributed by atoms with Crippen molar-refractivity contribution in [3.63, 3.8) is 0 Å². The van der Waals surface area contributed by atoms with Crippen LogP contribution in [0.3, 0.4) is 0 Å². The molecule has 0 aliphatic carbocycles. The third kappa shape index (κ3) is 4.66. The van der Waals surface area contributed by atoms with Crippen molar-refractivity contribution in [2.24, 2.45) is 0 Å². The van der Waals surface area contributed by atoms with E-state index in [0.29, 0.717) is 10.0 Å². The molecule has 0 saturated heterocycles. The van der Waals surface area contributed by atoms with Gasteiger partial charge < -0.3 is 10.2 Å². The lowest BCUT2D eigenvalue weighted by molar-refractivity contribution is 0.301. The number of benzene rings is 1. The Morgan fingerprint density at radius 1 is 1.38 bits per heavy atom. The Labute approximate surface area is 139 Å². The van der Waals surface area contributed by atoms with Crippen molar-refractivity contribution in [3.8, 4) is 0 Å². The van der Waals surface area contributed by atoms with Gasteiger partial charge >= 0.3 is 0 Å². The Morgan fingerprint density at radius 2 is 2.19 bits per heavy atom. The molecule has 2 aromatic rings. The fourth-order valence-electron chi connectivity index (χ4n) is 2.27. The second-order valence-corrected chi connectivity index (χ2v) is 6.49. The Kier molecular flexibility index (Phi) is 6.45. The fraction of sp³-hybridized carbons (Fsp3) is 0.400. The summed E-state index contributed by atoms with van der Waals surface area (Å²) in [6.07, 6.45) is 0.956. The van der Waals surface area contributed by atoms with Crippen molar-refractivity contribution >= 4 is 34.5 Å². The second-order valence-electron chi connectivity index (χ2n) is 4.99. The molecule has 0 radical (unpaired) electrons. The highest BCUT2D eigenvalue weighted by Crippen LogP contribution is 2.31. The predicted octanol–water partition coefficient (Wildman–Crippen LogP) is 4.23. The third-order valence-electron chi connectivity index (χ3n) is 3.42. The predicted molar refractivity (Wildman–Crippen MR) is 91.3 cm³/mol. The van der Waals surface area contributed by atoms with Crippen LogP contribution in [0.1, 0.15) is 23.7 Å². The van der Waals surface area contributed by atoms with Crippen LogP contribution in [0.15, 0.2) is 29.1 Å². The zero-order valence-electron chi connectivity index (χ0n) is 12.1. The molecule has 21 heavy (non-hydrogen) atoms. The van der Waals surface area contributed by atoms with Crippen LogP contribution >= 0.6 is 34.5 Å². The van der Waals surface area contributed by atoms with Gasteiger partial charge in [0, 0.05) is 24.5 Å². The van der Waals surface area contributed by atoms with Gasteiger partial charge in [0.15, 0.2) is 0 Å². The summed E-state index contributed by atoms with van der Waals surface area (Å²) < 4.78 is 0. The summed E-state index contributed by atoms with van der Waals surface area (Å²) in [6, 6.07) is 5.96. The molecular weight excluding hydrogens is 325 g/mol. The average molecular weight is 344 g/mol. The van der Waals surface area contributed by atoms with E-state index in [0.717, 1.165) is 30.8 Å². The topological polar surface area (TPSA) is 28.2 Å². The van der Waals surface area contributed by atoms with E-state index in [1.54, 1.807) is 11.3 Å². The van der Waals surface area contributed by atoms with E-state index >= 15 is 0 Å². The number of rotatable bonds is 7. The van der Waals surface area contributed by atoms with Gasteiger partial charge in [0.1, 0.15) is 0 Å². The summed E-state index contributed by atoms with van der Waals surface area (Å²) >= 11 is 14.0. The molecule has 0 spiro atoms. The number of hydrogen-bond acceptors (Lipinski definition) is 4. The van der Waals surface area contributed by atoms with Crippen molar-refractivity contribution in [2.75, 3.05) is 20.6 Å². The molecule has 1 aromatic carbocycles. The maximum Gasteiger partial charge on any atom is 0.0795 e. The SMILES string of the molecule is CNC(CCN(C)Cc1cscn1)c1cccc(Cl)c1Cl. The molecule has 0 saturated carbocycles. The summed E-state index contributed by atoms with van der Waals surface area (Å²) in [5.41, 5.74) is 4.03. The average Bonchev–Trinajstić information content (AvgIpc) is 2.96. The van der Waals surface area contributed by atoms with Crippen LogP contribution in [0.5, 0.6) is 0 Å². The molecule has 0 amide bonds. The maximum atomic E-state index is 6.30. The van der Waals surface area contributed by atoms with E-state index in [9.17, 15) is 0 Å². The van der Waals surface area contributed by atoms with Gasteiger partial charge in [-0.05, 0) is 32.1 Å². The smallest absolute Gasteiger partial charge is 0.0795 e. The number of halogens is 2. The van der Waals surface area contributed by atoms with Crippen molar-refractivity contribution in [2.45, 2.75) is 19.0 Å². The van der Waals surface area contributed by atoms with E-state index in [4.69, 9.17) is 23.2 Å². The standard InChI is InChI=1S/C15H19Cl2N3S/c1-18-14(12-4-3-5-13(16)15(12)17)6-7-20(2)8-11-9-21-10-19-11/h3-5,9-10,14,18H,6-8H2,1-2H3. The lowest BCUT2D eigenvalue weighted by Gasteiger charge is -2.22. The molecule has 1 heterocycles. The highest BCUT2D eigenvalue weighted by molar-refractivity contribution is 7.07. The lowest BCUT2D eigenvalue weighted by atomic mass is 10.0. The van der Waals surface area contributed by atoms with Gasteiger partial charge in [0.2, 0.25) is 0 Å². The summed E-state index contributed by atoms with van der Waals surface area (Å²) in [7, 11) is 4.05. The quantitative estimate of drug-likeness (QED) is 0.815. The molecule has 1 aromatic heterocycles. The highest BCUT2D eigenvalue weighted by Gasteiger charge is 2.15. The van der Waals surface area contributed by atoms with Crippen LogP contribution in [0.2, 0.25) is 10.0 Å². The molecule has 0 aliphatic rings. The van der Waals surface area contributed by atoms with E-state index in [1.165, 1.54) is 0 Å². The van der Waals surface area contributed by atoms with Crippen molar-refractivity contribution < 1.29 is 0 Å². The Balaban J connectivity index is 1.94. The van der Waals surface area contributed by atoms with E-state index in [-0.39, 0.29) is 6.04 Å². The molecule has 1 N–H and O–H groups in total. The largest absolute Gasteiger partial charge is 0.313 e. The molecule has 1 atom stereocenters. The summed E-state index contributed by atoms with van der Waals surface area (Å²) in [6.45, 7) is 1.81. The molecule has 1 unspecified atom stereocenters. The van der Waals surface area contributed by atoms with Crippen molar-refractivity contribution in [1.29, 1.82) is 0 Å². The first-order valence-electron chi connectivity index (χ1n) is 6.78. The van der Waals surface area contributed by atoms with Crippen LogP contribution in [0.25, 0.3) is 0 Å². The number of nitrogens with one attached hydrogen (secondary N) is 1. The molecule has 3 nitrogen and oxygen atoms in total. The number of hydrogen-bond donors (Lipinski definition) is 1. The first kappa shape index (κ1) is 16.7. The summed E-state index contributed by atoms with van der Waals surface area (Å²) in [5, 5.41) is 6.64. The third-order valence-corrected chi connectivity index (χ3v) is 4.89. The van der Waals surface area contributed by atoms with Crippen LogP contribution < -0.4 is 5.32 Å². The minimum absolute atomic E-state index is 0.189.